The highest BCUT2D eigenvalue weighted by atomic mass is 79.9. The number of allylic oxidation sites excluding steroid dienone is 1. The average Bonchev–Trinajstić information content (AvgIpc) is 2.76. The van der Waals surface area contributed by atoms with Crippen molar-refractivity contribution in [1.29, 1.82) is 0 Å². The monoisotopic (exact) mass is 642 g/mol. The highest BCUT2D eigenvalue weighted by Crippen LogP contribution is 2.41. The number of halogens is 12. The molecule has 0 saturated heterocycles. The molecule has 1 atom stereocenters. The lowest BCUT2D eigenvalue weighted by Crippen LogP contribution is -2.41. The summed E-state index contributed by atoms with van der Waals surface area (Å²) >= 11 is 8.70. The maximum absolute atomic E-state index is 14.8. The summed E-state index contributed by atoms with van der Waals surface area (Å²) < 4.78 is 133. The van der Waals surface area contributed by atoms with E-state index in [1.807, 2.05) is 0 Å². The number of carbonyl (C=O) groups excluding carboxylic acids is 2. The van der Waals surface area contributed by atoms with E-state index in [1.165, 1.54) is 11.4 Å². The van der Waals surface area contributed by atoms with Gasteiger partial charge in [0.15, 0.2) is 0 Å². The SMILES string of the molecule is O=C(CNC(=O)c1ccc(C(F)=CC(c2cc(Cl)cc(Br)c2)C(F)(F)F)cc1C(F)(F)F)NCC(F)(F)F. The van der Waals surface area contributed by atoms with E-state index in [2.05, 4.69) is 15.9 Å². The molecule has 1 unspecified atom stereocenters. The molecular formula is C22H14BrClF10N2O2. The number of amides is 2. The Morgan fingerprint density at radius 3 is 2.11 bits per heavy atom. The van der Waals surface area contributed by atoms with Gasteiger partial charge in [-0.15, -0.1) is 0 Å². The lowest BCUT2D eigenvalue weighted by Gasteiger charge is -2.19. The molecule has 2 aromatic carbocycles. The number of alkyl halides is 9. The third-order valence-electron chi connectivity index (χ3n) is 4.65. The fourth-order valence-corrected chi connectivity index (χ4v) is 3.91. The molecule has 2 amide bonds. The van der Waals surface area contributed by atoms with E-state index in [-0.39, 0.29) is 21.6 Å². The summed E-state index contributed by atoms with van der Waals surface area (Å²) in [5, 5.41) is 2.95. The van der Waals surface area contributed by atoms with Crippen LogP contribution in [-0.2, 0) is 11.0 Å². The summed E-state index contributed by atoms with van der Waals surface area (Å²) in [5.41, 5.74) is -4.38. The van der Waals surface area contributed by atoms with Gasteiger partial charge in [-0.25, -0.2) is 4.39 Å². The van der Waals surface area contributed by atoms with Crippen molar-refractivity contribution < 1.29 is 53.5 Å². The minimum absolute atomic E-state index is 0.0400. The Balaban J connectivity index is 2.39. The van der Waals surface area contributed by atoms with Crippen LogP contribution in [-0.4, -0.2) is 37.3 Å². The van der Waals surface area contributed by atoms with Gasteiger partial charge in [0.05, 0.1) is 17.7 Å². The molecule has 0 fully saturated rings. The first-order valence-electron chi connectivity index (χ1n) is 10.0. The summed E-state index contributed by atoms with van der Waals surface area (Å²) in [5.74, 6) is -7.22. The quantitative estimate of drug-likeness (QED) is 0.314. The van der Waals surface area contributed by atoms with E-state index in [9.17, 15) is 53.5 Å². The van der Waals surface area contributed by atoms with E-state index in [0.717, 1.165) is 12.1 Å². The lowest BCUT2D eigenvalue weighted by molar-refractivity contribution is -0.140. The average molecular weight is 644 g/mol. The van der Waals surface area contributed by atoms with Crippen molar-refractivity contribution in [2.24, 2.45) is 0 Å². The molecule has 208 valence electrons. The van der Waals surface area contributed by atoms with Gasteiger partial charge < -0.3 is 10.6 Å². The molecule has 0 bridgehead atoms. The molecule has 4 nitrogen and oxygen atoms in total. The summed E-state index contributed by atoms with van der Waals surface area (Å²) in [7, 11) is 0. The lowest BCUT2D eigenvalue weighted by atomic mass is 9.95. The van der Waals surface area contributed by atoms with Gasteiger partial charge in [-0.3, -0.25) is 9.59 Å². The van der Waals surface area contributed by atoms with Crippen LogP contribution >= 0.6 is 27.5 Å². The van der Waals surface area contributed by atoms with Crippen LogP contribution in [0.15, 0.2) is 46.9 Å². The van der Waals surface area contributed by atoms with Crippen LogP contribution in [0.1, 0.15) is 33.0 Å². The first-order chi connectivity index (χ1) is 17.3. The van der Waals surface area contributed by atoms with Gasteiger partial charge in [-0.1, -0.05) is 33.6 Å². The first-order valence-corrected chi connectivity index (χ1v) is 11.2. The third-order valence-corrected chi connectivity index (χ3v) is 5.33. The third kappa shape index (κ3) is 9.19. The number of rotatable bonds is 7. The van der Waals surface area contributed by atoms with Crippen LogP contribution in [0.4, 0.5) is 43.9 Å². The Morgan fingerprint density at radius 1 is 0.947 bits per heavy atom. The summed E-state index contributed by atoms with van der Waals surface area (Å²) in [6.45, 7) is -2.87. The van der Waals surface area contributed by atoms with Crippen LogP contribution in [0.25, 0.3) is 5.83 Å². The molecule has 0 radical (unpaired) electrons. The Bertz CT molecular complexity index is 1210. The fourth-order valence-electron chi connectivity index (χ4n) is 3.02. The van der Waals surface area contributed by atoms with Gasteiger partial charge >= 0.3 is 18.5 Å². The fraction of sp³-hybridized carbons (Fsp3) is 0.273. The first kappa shape index (κ1) is 31.4. The summed E-state index contributed by atoms with van der Waals surface area (Å²) in [6, 6.07) is 4.29. The van der Waals surface area contributed by atoms with Gasteiger partial charge in [0, 0.05) is 15.1 Å². The van der Waals surface area contributed by atoms with E-state index >= 15 is 0 Å². The predicted octanol–water partition coefficient (Wildman–Crippen LogP) is 7.19. The molecule has 0 aliphatic carbocycles. The summed E-state index contributed by atoms with van der Waals surface area (Å²) in [4.78, 5) is 23.6. The van der Waals surface area contributed by atoms with Gasteiger partial charge in [-0.05, 0) is 42.0 Å². The number of hydrogen-bond donors (Lipinski definition) is 2. The number of nitrogens with one attached hydrogen (secondary N) is 2. The number of benzene rings is 2. The van der Waals surface area contributed by atoms with Crippen LogP contribution in [0.5, 0.6) is 0 Å². The molecule has 2 rings (SSSR count). The van der Waals surface area contributed by atoms with Crippen LogP contribution < -0.4 is 10.6 Å². The largest absolute Gasteiger partial charge is 0.417 e. The predicted molar refractivity (Wildman–Crippen MR) is 120 cm³/mol. The molecule has 2 aromatic rings. The molecule has 0 heterocycles. The van der Waals surface area contributed by atoms with Gasteiger partial charge in [0.25, 0.3) is 5.91 Å². The van der Waals surface area contributed by atoms with Crippen LogP contribution in [0.3, 0.4) is 0 Å². The minimum Gasteiger partial charge on any atom is -0.345 e. The van der Waals surface area contributed by atoms with E-state index < -0.39 is 77.4 Å². The Kier molecular flexibility index (Phi) is 9.86. The number of carbonyl (C=O) groups is 2. The highest BCUT2D eigenvalue weighted by Gasteiger charge is 2.41. The molecule has 0 spiro atoms. The maximum Gasteiger partial charge on any atom is 0.417 e. The molecule has 0 aliphatic rings. The van der Waals surface area contributed by atoms with Crippen LogP contribution in [0.2, 0.25) is 5.02 Å². The van der Waals surface area contributed by atoms with Crippen molar-refractivity contribution in [3.63, 3.8) is 0 Å². The maximum atomic E-state index is 14.8. The topological polar surface area (TPSA) is 58.2 Å². The molecule has 0 aromatic heterocycles. The Hall–Kier alpha value is -2.81. The second-order valence-corrected chi connectivity index (χ2v) is 8.92. The second-order valence-electron chi connectivity index (χ2n) is 7.57. The standard InChI is InChI=1S/C22H14BrClF10N2O2/c23-12-3-11(4-13(24)6-12)15(21(29,30)31)7-17(25)10-1-2-14(16(5-10)22(32,33)34)19(38)35-8-18(37)36-9-20(26,27)28/h1-7,15H,8-9H2,(H,35,38)(H,36,37). The minimum atomic E-state index is -5.30. The normalized spacial score (nSPS) is 13.7. The molecule has 16 heteroatoms. The van der Waals surface area contributed by atoms with Gasteiger partial charge in [-0.2, -0.15) is 39.5 Å². The van der Waals surface area contributed by atoms with Crippen LogP contribution in [0, 0.1) is 0 Å². The van der Waals surface area contributed by atoms with Crippen molar-refractivity contribution in [2.45, 2.75) is 24.4 Å². The van der Waals surface area contributed by atoms with Gasteiger partial charge in [0.2, 0.25) is 5.91 Å². The molecular weight excluding hydrogens is 630 g/mol. The smallest absolute Gasteiger partial charge is 0.345 e. The van der Waals surface area contributed by atoms with E-state index in [1.54, 1.807) is 5.32 Å². The molecule has 0 aliphatic heterocycles. The van der Waals surface area contributed by atoms with Crippen molar-refractivity contribution in [3.8, 4) is 0 Å². The van der Waals surface area contributed by atoms with Crippen molar-refractivity contribution in [1.82, 2.24) is 10.6 Å². The number of hydrogen-bond acceptors (Lipinski definition) is 2. The van der Waals surface area contributed by atoms with E-state index in [0.29, 0.717) is 12.1 Å². The molecule has 2 N–H and O–H groups in total. The van der Waals surface area contributed by atoms with Gasteiger partial charge in [0.1, 0.15) is 18.3 Å². The zero-order valence-corrected chi connectivity index (χ0v) is 20.7. The van der Waals surface area contributed by atoms with Crippen molar-refractivity contribution >= 4 is 45.2 Å². The Morgan fingerprint density at radius 2 is 1.58 bits per heavy atom. The second kappa shape index (κ2) is 11.9. The van der Waals surface area contributed by atoms with Crippen molar-refractivity contribution in [3.05, 3.63) is 74.2 Å². The zero-order valence-electron chi connectivity index (χ0n) is 18.4. The van der Waals surface area contributed by atoms with E-state index in [4.69, 9.17) is 11.6 Å². The molecule has 0 saturated carbocycles. The molecule has 38 heavy (non-hydrogen) atoms. The highest BCUT2D eigenvalue weighted by molar-refractivity contribution is 9.10. The summed E-state index contributed by atoms with van der Waals surface area (Å²) in [6.07, 6.45) is -15.1. The van der Waals surface area contributed by atoms with Crippen molar-refractivity contribution in [2.75, 3.05) is 13.1 Å². The Labute approximate surface area is 221 Å². The zero-order chi connectivity index (χ0) is 29.1.